The molecule has 2 aliphatic rings. The van der Waals surface area contributed by atoms with E-state index < -0.39 is 6.17 Å². The van der Waals surface area contributed by atoms with Crippen LogP contribution in [0.25, 0.3) is 0 Å². The average molecular weight is 304 g/mol. The molecule has 0 amide bonds. The standard InChI is InChI=1S/C13H16N6O3/c1-21-6-3-5(4-7(22-2)9(6)20)11-16-8-10(14)17-13(15)19-12(8)18-11/h3-4,12,20H,14H2,1-2H3,(H,16,18)(H3,15,17,19). The van der Waals surface area contributed by atoms with E-state index in [4.69, 9.17) is 20.9 Å². The number of ether oxygens (including phenoxy) is 2. The summed E-state index contributed by atoms with van der Waals surface area (Å²) in [6.45, 7) is 0. The van der Waals surface area contributed by atoms with Gasteiger partial charge in [-0.1, -0.05) is 0 Å². The summed E-state index contributed by atoms with van der Waals surface area (Å²) < 4.78 is 10.3. The van der Waals surface area contributed by atoms with Crippen LogP contribution in [0, 0.1) is 0 Å². The smallest absolute Gasteiger partial charge is 0.200 e. The molecule has 9 nitrogen and oxygen atoms in total. The van der Waals surface area contributed by atoms with Gasteiger partial charge in [-0.15, -0.1) is 0 Å². The fraction of sp³-hybridized carbons (Fsp3) is 0.231. The molecule has 116 valence electrons. The quantitative estimate of drug-likeness (QED) is 0.489. The molecule has 0 spiro atoms. The van der Waals surface area contributed by atoms with Crippen molar-refractivity contribution >= 4 is 11.8 Å². The lowest BCUT2D eigenvalue weighted by Gasteiger charge is -2.17. The largest absolute Gasteiger partial charge is 0.502 e. The van der Waals surface area contributed by atoms with E-state index in [9.17, 15) is 5.11 Å². The van der Waals surface area contributed by atoms with Crippen LogP contribution in [0.5, 0.6) is 17.2 Å². The number of aliphatic imine (C=N–C) groups is 2. The molecule has 2 aliphatic heterocycles. The van der Waals surface area contributed by atoms with Crippen molar-refractivity contribution in [3.8, 4) is 17.2 Å². The molecule has 0 aliphatic carbocycles. The van der Waals surface area contributed by atoms with Gasteiger partial charge in [0.25, 0.3) is 0 Å². The Bertz CT molecular complexity index is 699. The molecule has 1 aromatic rings. The van der Waals surface area contributed by atoms with Crippen LogP contribution in [-0.2, 0) is 0 Å². The van der Waals surface area contributed by atoms with Gasteiger partial charge in [0.1, 0.15) is 17.4 Å². The van der Waals surface area contributed by atoms with Gasteiger partial charge in [-0.2, -0.15) is 0 Å². The zero-order valence-electron chi connectivity index (χ0n) is 12.0. The summed E-state index contributed by atoms with van der Waals surface area (Å²) >= 11 is 0. The van der Waals surface area contributed by atoms with E-state index in [-0.39, 0.29) is 23.2 Å². The SMILES string of the molecule is COc1cc(C2=NC3N=C(N)NC(N)=C3N2)cc(OC)c1O. The third-order valence-electron chi connectivity index (χ3n) is 3.33. The topological polar surface area (TPSA) is 140 Å². The second kappa shape index (κ2) is 5.02. The Hall–Kier alpha value is -3.10. The number of fused-ring (bicyclic) bond motifs is 1. The minimum absolute atomic E-state index is 0.0765. The fourth-order valence-electron chi connectivity index (χ4n) is 2.26. The van der Waals surface area contributed by atoms with Crippen molar-refractivity contribution in [3.63, 3.8) is 0 Å². The van der Waals surface area contributed by atoms with Gasteiger partial charge >= 0.3 is 0 Å². The highest BCUT2D eigenvalue weighted by atomic mass is 16.5. The molecule has 1 unspecified atom stereocenters. The van der Waals surface area contributed by atoms with Crippen molar-refractivity contribution in [2.75, 3.05) is 14.2 Å². The van der Waals surface area contributed by atoms with Gasteiger partial charge in [0.2, 0.25) is 5.75 Å². The Morgan fingerprint density at radius 1 is 1.09 bits per heavy atom. The number of hydrogen-bond acceptors (Lipinski definition) is 9. The van der Waals surface area contributed by atoms with Crippen molar-refractivity contribution < 1.29 is 14.6 Å². The first-order valence-electron chi connectivity index (χ1n) is 6.43. The lowest BCUT2D eigenvalue weighted by Crippen LogP contribution is -2.42. The Morgan fingerprint density at radius 2 is 1.73 bits per heavy atom. The summed E-state index contributed by atoms with van der Waals surface area (Å²) in [4.78, 5) is 8.59. The summed E-state index contributed by atoms with van der Waals surface area (Å²) in [6.07, 6.45) is -0.512. The molecule has 9 heteroatoms. The summed E-state index contributed by atoms with van der Waals surface area (Å²) in [5.74, 6) is 1.58. The fourth-order valence-corrected chi connectivity index (χ4v) is 2.26. The second-order valence-electron chi connectivity index (χ2n) is 4.67. The van der Waals surface area contributed by atoms with Gasteiger partial charge in [-0.3, -0.25) is 0 Å². The molecule has 2 heterocycles. The van der Waals surface area contributed by atoms with Crippen LogP contribution in [0.4, 0.5) is 0 Å². The molecule has 0 saturated heterocycles. The van der Waals surface area contributed by atoms with E-state index in [0.29, 0.717) is 22.9 Å². The van der Waals surface area contributed by atoms with Crippen molar-refractivity contribution in [3.05, 3.63) is 29.2 Å². The van der Waals surface area contributed by atoms with Gasteiger partial charge < -0.3 is 36.7 Å². The number of phenolic OH excluding ortho intramolecular Hbond substituents is 1. The zero-order chi connectivity index (χ0) is 15.9. The molecule has 1 atom stereocenters. The van der Waals surface area contributed by atoms with E-state index in [2.05, 4.69) is 20.6 Å². The number of aromatic hydroxyl groups is 1. The lowest BCUT2D eigenvalue weighted by atomic mass is 10.1. The number of nitrogens with zero attached hydrogens (tertiary/aromatic N) is 2. The number of benzene rings is 1. The Balaban J connectivity index is 2.03. The molecule has 1 aromatic carbocycles. The van der Waals surface area contributed by atoms with Crippen LogP contribution in [-0.4, -0.2) is 37.3 Å². The van der Waals surface area contributed by atoms with Crippen LogP contribution in [0.2, 0.25) is 0 Å². The monoisotopic (exact) mass is 304 g/mol. The highest BCUT2D eigenvalue weighted by molar-refractivity contribution is 6.03. The number of amidine groups is 1. The molecule has 0 saturated carbocycles. The summed E-state index contributed by atoms with van der Waals surface area (Å²) in [5, 5.41) is 15.8. The first kappa shape index (κ1) is 13.9. The van der Waals surface area contributed by atoms with E-state index in [1.807, 2.05) is 0 Å². The van der Waals surface area contributed by atoms with E-state index in [1.165, 1.54) is 14.2 Å². The summed E-state index contributed by atoms with van der Waals surface area (Å²) in [6, 6.07) is 3.27. The number of rotatable bonds is 3. The number of nitrogens with two attached hydrogens (primary N) is 2. The number of phenols is 1. The third-order valence-corrected chi connectivity index (χ3v) is 3.33. The maximum atomic E-state index is 9.95. The predicted octanol–water partition coefficient (Wildman–Crippen LogP) is -0.869. The van der Waals surface area contributed by atoms with Crippen molar-refractivity contribution in [2.24, 2.45) is 21.5 Å². The predicted molar refractivity (Wildman–Crippen MR) is 80.6 cm³/mol. The normalized spacial score (nSPS) is 19.6. The average Bonchev–Trinajstić information content (AvgIpc) is 2.91. The van der Waals surface area contributed by atoms with Gasteiger partial charge in [-0.05, 0) is 12.1 Å². The molecule has 0 bridgehead atoms. The Kier molecular flexibility index (Phi) is 3.17. The van der Waals surface area contributed by atoms with Crippen LogP contribution in [0.3, 0.4) is 0 Å². The van der Waals surface area contributed by atoms with Crippen molar-refractivity contribution in [1.82, 2.24) is 10.6 Å². The number of guanidine groups is 1. The van der Waals surface area contributed by atoms with Crippen LogP contribution in [0.15, 0.2) is 33.6 Å². The van der Waals surface area contributed by atoms with Crippen molar-refractivity contribution in [1.29, 1.82) is 0 Å². The Labute approximate surface area is 126 Å². The van der Waals surface area contributed by atoms with E-state index in [0.717, 1.165) is 0 Å². The molecular formula is C13H16N6O3. The minimum atomic E-state index is -0.512. The van der Waals surface area contributed by atoms with E-state index in [1.54, 1.807) is 12.1 Å². The first-order chi connectivity index (χ1) is 10.5. The highest BCUT2D eigenvalue weighted by Crippen LogP contribution is 2.37. The molecule has 7 N–H and O–H groups in total. The lowest BCUT2D eigenvalue weighted by molar-refractivity contribution is 0.340. The number of nitrogens with one attached hydrogen (secondary N) is 2. The van der Waals surface area contributed by atoms with Crippen LogP contribution >= 0.6 is 0 Å². The molecular weight excluding hydrogens is 288 g/mol. The number of methoxy groups -OCH3 is 2. The maximum Gasteiger partial charge on any atom is 0.200 e. The third kappa shape index (κ3) is 2.12. The van der Waals surface area contributed by atoms with Crippen molar-refractivity contribution in [2.45, 2.75) is 6.17 Å². The van der Waals surface area contributed by atoms with Crippen LogP contribution in [0.1, 0.15) is 5.56 Å². The highest BCUT2D eigenvalue weighted by Gasteiger charge is 2.30. The minimum Gasteiger partial charge on any atom is -0.502 e. The molecule has 22 heavy (non-hydrogen) atoms. The van der Waals surface area contributed by atoms with Gasteiger partial charge in [-0.25, -0.2) is 9.98 Å². The summed E-state index contributed by atoms with van der Waals surface area (Å²) in [5.41, 5.74) is 12.8. The number of hydrogen-bond donors (Lipinski definition) is 5. The maximum absolute atomic E-state index is 9.95. The van der Waals surface area contributed by atoms with Gasteiger partial charge in [0, 0.05) is 5.56 Å². The van der Waals surface area contributed by atoms with Crippen LogP contribution < -0.4 is 31.6 Å². The first-order valence-corrected chi connectivity index (χ1v) is 6.43. The molecule has 3 rings (SSSR count). The van der Waals surface area contributed by atoms with E-state index >= 15 is 0 Å². The summed E-state index contributed by atoms with van der Waals surface area (Å²) in [7, 11) is 2.91. The Morgan fingerprint density at radius 3 is 2.32 bits per heavy atom. The molecule has 0 aromatic heterocycles. The van der Waals surface area contributed by atoms with Gasteiger partial charge in [0.15, 0.2) is 23.6 Å². The molecule has 0 radical (unpaired) electrons. The molecule has 0 fully saturated rings. The second-order valence-corrected chi connectivity index (χ2v) is 4.67. The van der Waals surface area contributed by atoms with Gasteiger partial charge in [0.05, 0.1) is 14.2 Å². The zero-order valence-corrected chi connectivity index (χ0v) is 12.0.